The molecule has 3 rings (SSSR count). The molecule has 0 saturated carbocycles. The molecule has 2 heterocycles. The van der Waals surface area contributed by atoms with E-state index in [0.29, 0.717) is 26.9 Å². The van der Waals surface area contributed by atoms with Crippen LogP contribution in [-0.2, 0) is 6.54 Å². The van der Waals surface area contributed by atoms with Gasteiger partial charge in [0.2, 0.25) is 0 Å². The maximum Gasteiger partial charge on any atom is 0.387 e. The summed E-state index contributed by atoms with van der Waals surface area (Å²) in [6.07, 6.45) is 3.26. The van der Waals surface area contributed by atoms with Gasteiger partial charge in [-0.3, -0.25) is 4.79 Å². The van der Waals surface area contributed by atoms with Crippen LogP contribution in [0.2, 0.25) is 0 Å². The minimum absolute atomic E-state index is 0.00760. The van der Waals surface area contributed by atoms with Gasteiger partial charge in [-0.2, -0.15) is 13.9 Å². The first-order valence-electron chi connectivity index (χ1n) is 7.27. The molecule has 0 unspecified atom stereocenters. The molecular formula is C16H13BrF2N4O2. The molecule has 1 aromatic carbocycles. The molecule has 6 nitrogen and oxygen atoms in total. The molecule has 0 aliphatic heterocycles. The molecule has 130 valence electrons. The van der Waals surface area contributed by atoms with E-state index in [1.807, 2.05) is 0 Å². The molecule has 0 aliphatic rings. The number of benzene rings is 1. The van der Waals surface area contributed by atoms with E-state index in [4.69, 9.17) is 0 Å². The summed E-state index contributed by atoms with van der Waals surface area (Å²) in [5.41, 5.74) is 1.71. The highest BCUT2D eigenvalue weighted by atomic mass is 79.9. The maximum absolute atomic E-state index is 12.5. The van der Waals surface area contributed by atoms with Crippen molar-refractivity contribution in [3.05, 3.63) is 58.0 Å². The van der Waals surface area contributed by atoms with Gasteiger partial charge in [-0.1, -0.05) is 15.9 Å². The predicted molar refractivity (Wildman–Crippen MR) is 89.7 cm³/mol. The molecule has 3 aromatic rings. The number of hydrogen-bond donors (Lipinski definition) is 1. The number of carbonyl (C=O) groups excluding carboxylic acids is 1. The summed E-state index contributed by atoms with van der Waals surface area (Å²) in [6, 6.07) is 6.32. The Morgan fingerprint density at radius 3 is 3.00 bits per heavy atom. The molecular weight excluding hydrogens is 398 g/mol. The van der Waals surface area contributed by atoms with E-state index in [-0.39, 0.29) is 12.3 Å². The van der Waals surface area contributed by atoms with Crippen LogP contribution in [0.15, 0.2) is 41.1 Å². The highest BCUT2D eigenvalue weighted by Crippen LogP contribution is 2.25. The average Bonchev–Trinajstić information content (AvgIpc) is 2.90. The summed E-state index contributed by atoms with van der Waals surface area (Å²) >= 11 is 3.27. The first kappa shape index (κ1) is 17.3. The van der Waals surface area contributed by atoms with Crippen molar-refractivity contribution >= 4 is 27.5 Å². The third-order valence-electron chi connectivity index (χ3n) is 3.48. The summed E-state index contributed by atoms with van der Waals surface area (Å²) < 4.78 is 31.7. The molecule has 9 heteroatoms. The fourth-order valence-corrected chi connectivity index (χ4v) is 2.83. The van der Waals surface area contributed by atoms with Crippen LogP contribution < -0.4 is 10.1 Å². The van der Waals surface area contributed by atoms with Crippen LogP contribution in [-0.4, -0.2) is 27.1 Å². The van der Waals surface area contributed by atoms with Crippen molar-refractivity contribution in [1.29, 1.82) is 0 Å². The molecule has 0 radical (unpaired) electrons. The van der Waals surface area contributed by atoms with E-state index in [9.17, 15) is 13.6 Å². The molecule has 0 spiro atoms. The molecule has 1 amide bonds. The van der Waals surface area contributed by atoms with E-state index >= 15 is 0 Å². The van der Waals surface area contributed by atoms with Crippen LogP contribution in [0.3, 0.4) is 0 Å². The van der Waals surface area contributed by atoms with Crippen molar-refractivity contribution in [3.63, 3.8) is 0 Å². The lowest BCUT2D eigenvalue weighted by atomic mass is 10.2. The van der Waals surface area contributed by atoms with Gasteiger partial charge < -0.3 is 10.1 Å². The Kier molecular flexibility index (Phi) is 4.93. The number of aryl methyl sites for hydroxylation is 1. The zero-order valence-corrected chi connectivity index (χ0v) is 14.6. The zero-order chi connectivity index (χ0) is 18.0. The minimum atomic E-state index is -2.94. The van der Waals surface area contributed by atoms with E-state index in [0.717, 1.165) is 0 Å². The van der Waals surface area contributed by atoms with E-state index < -0.39 is 12.5 Å². The number of halogens is 3. The Morgan fingerprint density at radius 1 is 1.44 bits per heavy atom. The average molecular weight is 411 g/mol. The van der Waals surface area contributed by atoms with Crippen LogP contribution in [0.25, 0.3) is 5.65 Å². The number of nitrogens with zero attached hydrogens (tertiary/aromatic N) is 3. The third-order valence-corrected chi connectivity index (χ3v) is 3.97. The molecule has 0 aliphatic carbocycles. The fourth-order valence-electron chi connectivity index (χ4n) is 2.42. The third kappa shape index (κ3) is 3.76. The number of amides is 1. The topological polar surface area (TPSA) is 68.5 Å². The lowest BCUT2D eigenvalue weighted by Gasteiger charge is -2.12. The zero-order valence-electron chi connectivity index (χ0n) is 13.0. The SMILES string of the molecule is Cc1nn2cccnc2c1C(=O)NCc1cc(Br)ccc1OC(F)F. The second kappa shape index (κ2) is 7.14. The van der Waals surface area contributed by atoms with E-state index in [1.165, 1.54) is 10.6 Å². The Balaban J connectivity index is 1.83. The molecule has 0 fully saturated rings. The fraction of sp³-hybridized carbons (Fsp3) is 0.188. The summed E-state index contributed by atoms with van der Waals surface area (Å²) in [4.78, 5) is 16.7. The predicted octanol–water partition coefficient (Wildman–Crippen LogP) is 3.33. The monoisotopic (exact) mass is 410 g/mol. The molecule has 0 saturated heterocycles. The number of hydrogen-bond acceptors (Lipinski definition) is 4. The number of carbonyl (C=O) groups is 1. The maximum atomic E-state index is 12.5. The summed E-state index contributed by atoms with van der Waals surface area (Å²) in [5.74, 6) is -0.387. The van der Waals surface area contributed by atoms with Gasteiger partial charge in [0.1, 0.15) is 11.3 Å². The number of ether oxygens (including phenoxy) is 1. The van der Waals surface area contributed by atoms with E-state index in [2.05, 4.69) is 36.1 Å². The van der Waals surface area contributed by atoms with Crippen LogP contribution in [0.1, 0.15) is 21.6 Å². The van der Waals surface area contributed by atoms with Gasteiger partial charge >= 0.3 is 6.61 Å². The normalized spacial score (nSPS) is 11.1. The number of alkyl halides is 2. The Morgan fingerprint density at radius 2 is 2.24 bits per heavy atom. The van der Waals surface area contributed by atoms with Crippen molar-refractivity contribution in [2.45, 2.75) is 20.1 Å². The summed E-state index contributed by atoms with van der Waals surface area (Å²) in [5, 5.41) is 6.92. The van der Waals surface area contributed by atoms with Crippen molar-refractivity contribution in [1.82, 2.24) is 19.9 Å². The lowest BCUT2D eigenvalue weighted by Crippen LogP contribution is -2.24. The largest absolute Gasteiger partial charge is 0.434 e. The van der Waals surface area contributed by atoms with Crippen molar-refractivity contribution in [2.24, 2.45) is 0 Å². The molecule has 25 heavy (non-hydrogen) atoms. The summed E-state index contributed by atoms with van der Waals surface area (Å²) in [6.45, 7) is -1.22. The Hall–Kier alpha value is -2.55. The van der Waals surface area contributed by atoms with Crippen LogP contribution in [0.5, 0.6) is 5.75 Å². The number of aromatic nitrogens is 3. The lowest BCUT2D eigenvalue weighted by molar-refractivity contribution is -0.0504. The first-order valence-corrected chi connectivity index (χ1v) is 8.06. The standard InChI is InChI=1S/C16H13BrF2N4O2/c1-9-13(14-20-5-2-6-23(14)22-9)15(24)21-8-10-7-11(17)3-4-12(10)25-16(18)19/h2-7,16H,8H2,1H3,(H,21,24). The number of rotatable bonds is 5. The van der Waals surface area contributed by atoms with Gasteiger partial charge in [0, 0.05) is 29.0 Å². The van der Waals surface area contributed by atoms with Crippen molar-refractivity contribution in [3.8, 4) is 5.75 Å². The van der Waals surface area contributed by atoms with Gasteiger partial charge in [-0.15, -0.1) is 0 Å². The van der Waals surface area contributed by atoms with Gasteiger partial charge in [-0.25, -0.2) is 9.50 Å². The summed E-state index contributed by atoms with van der Waals surface area (Å²) in [7, 11) is 0. The Bertz CT molecular complexity index is 930. The van der Waals surface area contributed by atoms with Gasteiger partial charge in [0.25, 0.3) is 5.91 Å². The first-order chi connectivity index (χ1) is 12.0. The van der Waals surface area contributed by atoms with Gasteiger partial charge in [0.05, 0.1) is 5.69 Å². The molecule has 2 aromatic heterocycles. The van der Waals surface area contributed by atoms with Gasteiger partial charge in [-0.05, 0) is 31.2 Å². The molecule has 0 atom stereocenters. The highest BCUT2D eigenvalue weighted by molar-refractivity contribution is 9.10. The Labute approximate surface area is 149 Å². The van der Waals surface area contributed by atoms with Crippen molar-refractivity contribution < 1.29 is 18.3 Å². The van der Waals surface area contributed by atoms with Crippen LogP contribution in [0.4, 0.5) is 8.78 Å². The highest BCUT2D eigenvalue weighted by Gasteiger charge is 2.18. The smallest absolute Gasteiger partial charge is 0.387 e. The van der Waals surface area contributed by atoms with Gasteiger partial charge in [0.15, 0.2) is 5.65 Å². The van der Waals surface area contributed by atoms with Crippen LogP contribution >= 0.6 is 15.9 Å². The number of fused-ring (bicyclic) bond motifs is 1. The molecule has 0 bridgehead atoms. The quantitative estimate of drug-likeness (QED) is 0.700. The van der Waals surface area contributed by atoms with Crippen LogP contribution in [0, 0.1) is 6.92 Å². The second-order valence-electron chi connectivity index (χ2n) is 5.16. The van der Waals surface area contributed by atoms with Crippen molar-refractivity contribution in [2.75, 3.05) is 0 Å². The van der Waals surface area contributed by atoms with E-state index in [1.54, 1.807) is 37.5 Å². The minimum Gasteiger partial charge on any atom is -0.434 e. The number of nitrogens with one attached hydrogen (secondary N) is 1. The second-order valence-corrected chi connectivity index (χ2v) is 6.08. The molecule has 1 N–H and O–H groups in total.